The van der Waals surface area contributed by atoms with Crippen molar-refractivity contribution in [3.63, 3.8) is 0 Å². The number of hydrogen-bond donors (Lipinski definition) is 0. The van der Waals surface area contributed by atoms with Gasteiger partial charge in [0.2, 0.25) is 10.0 Å². The molecule has 0 saturated carbocycles. The van der Waals surface area contributed by atoms with Crippen molar-refractivity contribution in [2.75, 3.05) is 26.2 Å². The van der Waals surface area contributed by atoms with E-state index in [0.717, 1.165) is 10.9 Å². The van der Waals surface area contributed by atoms with Crippen molar-refractivity contribution in [1.82, 2.24) is 13.8 Å². The van der Waals surface area contributed by atoms with Crippen molar-refractivity contribution in [2.24, 2.45) is 7.05 Å². The highest BCUT2D eigenvalue weighted by atomic mass is 35.5. The number of nitrogens with zero attached hydrogens (tertiary/aromatic N) is 3. The smallest absolute Gasteiger partial charge is 0.256 e. The first-order chi connectivity index (χ1) is 13.4. The number of carbonyl (C=O) groups excluding carboxylic acids is 1. The molecule has 0 atom stereocenters. The second-order valence-electron chi connectivity index (χ2n) is 6.82. The van der Waals surface area contributed by atoms with Crippen molar-refractivity contribution in [1.29, 1.82) is 0 Å². The van der Waals surface area contributed by atoms with Gasteiger partial charge in [-0.1, -0.05) is 35.9 Å². The zero-order valence-electron chi connectivity index (χ0n) is 15.4. The summed E-state index contributed by atoms with van der Waals surface area (Å²) in [6.07, 6.45) is 1.84. The number of rotatable bonds is 3. The number of para-hydroxylation sites is 1. The molecule has 2 heterocycles. The summed E-state index contributed by atoms with van der Waals surface area (Å²) >= 11 is 5.93. The molecule has 0 unspecified atom stereocenters. The molecule has 6 nitrogen and oxygen atoms in total. The van der Waals surface area contributed by atoms with E-state index in [2.05, 4.69) is 0 Å². The van der Waals surface area contributed by atoms with Gasteiger partial charge >= 0.3 is 0 Å². The monoisotopic (exact) mass is 417 g/mol. The Morgan fingerprint density at radius 1 is 1.00 bits per heavy atom. The van der Waals surface area contributed by atoms with E-state index >= 15 is 0 Å². The summed E-state index contributed by atoms with van der Waals surface area (Å²) < 4.78 is 29.0. The van der Waals surface area contributed by atoms with Gasteiger partial charge in [-0.3, -0.25) is 4.79 Å². The van der Waals surface area contributed by atoms with Crippen LogP contribution in [0, 0.1) is 0 Å². The minimum absolute atomic E-state index is 0.0726. The first-order valence-corrected chi connectivity index (χ1v) is 10.8. The maximum Gasteiger partial charge on any atom is 0.256 e. The van der Waals surface area contributed by atoms with Crippen LogP contribution < -0.4 is 0 Å². The maximum absolute atomic E-state index is 13.0. The molecule has 4 rings (SSSR count). The van der Waals surface area contributed by atoms with Gasteiger partial charge in [-0.15, -0.1) is 0 Å². The molecule has 2 aromatic carbocycles. The van der Waals surface area contributed by atoms with Gasteiger partial charge in [0.25, 0.3) is 5.91 Å². The molecule has 1 fully saturated rings. The molecule has 0 aliphatic carbocycles. The fraction of sp³-hybridized carbons (Fsp3) is 0.250. The molecule has 0 spiro atoms. The third-order valence-corrected chi connectivity index (χ3v) is 7.22. The Labute approximate surface area is 169 Å². The number of piperazine rings is 1. The number of aromatic nitrogens is 1. The van der Waals surface area contributed by atoms with Crippen LogP contribution in [0.5, 0.6) is 0 Å². The average Bonchev–Trinajstić information content (AvgIpc) is 3.04. The molecule has 3 aromatic rings. The van der Waals surface area contributed by atoms with E-state index in [0.29, 0.717) is 23.7 Å². The SMILES string of the molecule is Cn1cc(C(=O)N2CCN(S(=O)(=O)c3cccc(Cl)c3)CC2)c2ccccc21. The molecule has 0 bridgehead atoms. The van der Waals surface area contributed by atoms with E-state index in [4.69, 9.17) is 11.6 Å². The van der Waals surface area contributed by atoms with Crippen molar-refractivity contribution in [3.8, 4) is 0 Å². The standard InChI is InChI=1S/C20H20ClN3O3S/c1-22-14-18(17-7-2-3-8-19(17)22)20(25)23-9-11-24(12-10-23)28(26,27)16-6-4-5-15(21)13-16/h2-8,13-14H,9-12H2,1H3. The molecule has 8 heteroatoms. The molecule has 0 radical (unpaired) electrons. The predicted molar refractivity (Wildman–Crippen MR) is 109 cm³/mol. The lowest BCUT2D eigenvalue weighted by molar-refractivity contribution is 0.0699. The van der Waals surface area contributed by atoms with Crippen LogP contribution in [0.25, 0.3) is 10.9 Å². The molecule has 0 N–H and O–H groups in total. The zero-order chi connectivity index (χ0) is 19.9. The number of sulfonamides is 1. The molecule has 1 aromatic heterocycles. The summed E-state index contributed by atoms with van der Waals surface area (Å²) in [6, 6.07) is 14.0. The van der Waals surface area contributed by atoms with Crippen LogP contribution in [0.3, 0.4) is 0 Å². The minimum atomic E-state index is -3.62. The Morgan fingerprint density at radius 3 is 2.43 bits per heavy atom. The van der Waals surface area contributed by atoms with Gasteiger partial charge in [0, 0.05) is 55.3 Å². The van der Waals surface area contributed by atoms with Crippen LogP contribution in [0.15, 0.2) is 59.6 Å². The van der Waals surface area contributed by atoms with Gasteiger partial charge < -0.3 is 9.47 Å². The Hall–Kier alpha value is -2.35. The Morgan fingerprint density at radius 2 is 1.71 bits per heavy atom. The van der Waals surface area contributed by atoms with Crippen molar-refractivity contribution < 1.29 is 13.2 Å². The molecule has 1 amide bonds. The van der Waals surface area contributed by atoms with E-state index < -0.39 is 10.0 Å². The lowest BCUT2D eigenvalue weighted by atomic mass is 10.1. The quantitative estimate of drug-likeness (QED) is 0.658. The van der Waals surface area contributed by atoms with Crippen LogP contribution in [0.2, 0.25) is 5.02 Å². The minimum Gasteiger partial charge on any atom is -0.350 e. The second kappa shape index (κ2) is 7.24. The summed E-state index contributed by atoms with van der Waals surface area (Å²) in [5.41, 5.74) is 1.64. The number of carbonyl (C=O) groups is 1. The second-order valence-corrected chi connectivity index (χ2v) is 9.20. The third kappa shape index (κ3) is 3.30. The predicted octanol–water partition coefficient (Wildman–Crippen LogP) is 2.98. The summed E-state index contributed by atoms with van der Waals surface area (Å²) in [7, 11) is -1.71. The highest BCUT2D eigenvalue weighted by molar-refractivity contribution is 7.89. The maximum atomic E-state index is 13.0. The van der Waals surface area contributed by atoms with Gasteiger partial charge in [0.1, 0.15) is 0 Å². The Kier molecular flexibility index (Phi) is 4.91. The van der Waals surface area contributed by atoms with Crippen LogP contribution >= 0.6 is 11.6 Å². The molecule has 1 aliphatic heterocycles. The van der Waals surface area contributed by atoms with Crippen LogP contribution in [-0.2, 0) is 17.1 Å². The number of benzene rings is 2. The normalized spacial score (nSPS) is 15.9. The van der Waals surface area contributed by atoms with E-state index in [1.165, 1.54) is 16.4 Å². The van der Waals surface area contributed by atoms with Crippen molar-refractivity contribution in [3.05, 3.63) is 65.3 Å². The van der Waals surface area contributed by atoms with Crippen molar-refractivity contribution >= 4 is 38.4 Å². The number of aryl methyl sites for hydroxylation is 1. The fourth-order valence-corrected chi connectivity index (χ4v) is 5.31. The van der Waals surface area contributed by atoms with Crippen LogP contribution in [-0.4, -0.2) is 54.3 Å². The molecular formula is C20H20ClN3O3S. The van der Waals surface area contributed by atoms with E-state index in [1.54, 1.807) is 17.0 Å². The van der Waals surface area contributed by atoms with Gasteiger partial charge in [-0.05, 0) is 24.3 Å². The van der Waals surface area contributed by atoms with Gasteiger partial charge in [-0.25, -0.2) is 8.42 Å². The molecule has 1 saturated heterocycles. The van der Waals surface area contributed by atoms with Crippen LogP contribution in [0.1, 0.15) is 10.4 Å². The summed E-state index contributed by atoms with van der Waals surface area (Å²) in [4.78, 5) is 14.9. The average molecular weight is 418 g/mol. The van der Waals surface area contributed by atoms with Gasteiger partial charge in [-0.2, -0.15) is 4.31 Å². The number of fused-ring (bicyclic) bond motifs is 1. The van der Waals surface area contributed by atoms with Crippen LogP contribution in [0.4, 0.5) is 0 Å². The molecular weight excluding hydrogens is 398 g/mol. The van der Waals surface area contributed by atoms with Gasteiger partial charge in [0.05, 0.1) is 10.5 Å². The summed E-state index contributed by atoms with van der Waals surface area (Å²) in [5.74, 6) is -0.0726. The third-order valence-electron chi connectivity index (χ3n) is 5.09. The Bertz CT molecular complexity index is 1150. The number of halogens is 1. The first kappa shape index (κ1) is 19.0. The van der Waals surface area contributed by atoms with E-state index in [1.807, 2.05) is 42.1 Å². The Balaban J connectivity index is 1.52. The molecule has 28 heavy (non-hydrogen) atoms. The fourth-order valence-electron chi connectivity index (χ4n) is 3.59. The summed E-state index contributed by atoms with van der Waals surface area (Å²) in [6.45, 7) is 1.21. The van der Waals surface area contributed by atoms with E-state index in [-0.39, 0.29) is 23.9 Å². The number of amides is 1. The van der Waals surface area contributed by atoms with Gasteiger partial charge in [0.15, 0.2) is 0 Å². The van der Waals surface area contributed by atoms with E-state index in [9.17, 15) is 13.2 Å². The summed E-state index contributed by atoms with van der Waals surface area (Å²) in [5, 5.41) is 1.29. The molecule has 1 aliphatic rings. The highest BCUT2D eigenvalue weighted by Crippen LogP contribution is 2.24. The molecule has 146 valence electrons. The first-order valence-electron chi connectivity index (χ1n) is 8.97. The highest BCUT2D eigenvalue weighted by Gasteiger charge is 2.31. The largest absolute Gasteiger partial charge is 0.350 e. The topological polar surface area (TPSA) is 62.6 Å². The lowest BCUT2D eigenvalue weighted by Gasteiger charge is -2.34. The zero-order valence-corrected chi connectivity index (χ0v) is 16.9. The number of hydrogen-bond acceptors (Lipinski definition) is 3. The lowest BCUT2D eigenvalue weighted by Crippen LogP contribution is -2.50. The van der Waals surface area contributed by atoms with Crippen molar-refractivity contribution in [2.45, 2.75) is 4.90 Å².